The van der Waals surface area contributed by atoms with Gasteiger partial charge >= 0.3 is 11.9 Å². The molecule has 1 unspecified atom stereocenters. The number of rotatable bonds is 30. The number of carbonyl (C=O) groups excluding carboxylic acids is 2. The molecule has 0 spiro atoms. The molecule has 0 saturated carbocycles. The van der Waals surface area contributed by atoms with Crippen molar-refractivity contribution in [3.8, 4) is 0 Å². The molecule has 1 atom stereocenters. The minimum atomic E-state index is -0.00522. The zero-order valence-corrected chi connectivity index (χ0v) is 28.6. The Labute approximate surface area is 256 Å². The molecular weight excluding hydrogens is 508 g/mol. The fourth-order valence-electron chi connectivity index (χ4n) is 5.50. The summed E-state index contributed by atoms with van der Waals surface area (Å²) < 4.78 is 11.0. The van der Waals surface area contributed by atoms with Crippen LogP contribution in [0, 0.1) is 23.7 Å². The third kappa shape index (κ3) is 28.8. The van der Waals surface area contributed by atoms with Crippen LogP contribution in [-0.4, -0.2) is 25.2 Å². The summed E-state index contributed by atoms with van der Waals surface area (Å²) in [5.74, 6) is 1.98. The molecule has 4 heteroatoms. The van der Waals surface area contributed by atoms with Crippen LogP contribution in [0.25, 0.3) is 0 Å². The van der Waals surface area contributed by atoms with Gasteiger partial charge in [0, 0.05) is 6.42 Å². The van der Waals surface area contributed by atoms with E-state index in [-0.39, 0.29) is 17.9 Å². The van der Waals surface area contributed by atoms with E-state index in [9.17, 15) is 9.59 Å². The molecule has 0 aliphatic rings. The van der Waals surface area contributed by atoms with Gasteiger partial charge in [-0.1, -0.05) is 157 Å². The quantitative estimate of drug-likeness (QED) is 0.0626. The molecule has 0 radical (unpaired) electrons. The van der Waals surface area contributed by atoms with Crippen molar-refractivity contribution in [1.82, 2.24) is 0 Å². The third-order valence-corrected chi connectivity index (χ3v) is 8.36. The second-order valence-corrected chi connectivity index (χ2v) is 13.9. The minimum absolute atomic E-state index is 0.00522. The lowest BCUT2D eigenvalue weighted by Gasteiger charge is -2.19. The van der Waals surface area contributed by atoms with Crippen LogP contribution in [-0.2, 0) is 19.1 Å². The van der Waals surface area contributed by atoms with Gasteiger partial charge in [-0.05, 0) is 43.4 Å². The van der Waals surface area contributed by atoms with Gasteiger partial charge < -0.3 is 9.47 Å². The Bertz CT molecular complexity index is 583. The molecule has 41 heavy (non-hydrogen) atoms. The molecule has 0 aromatic carbocycles. The monoisotopic (exact) mass is 581 g/mol. The second kappa shape index (κ2) is 29.0. The van der Waals surface area contributed by atoms with E-state index < -0.39 is 0 Å². The first-order chi connectivity index (χ1) is 19.7. The molecule has 0 N–H and O–H groups in total. The number of ether oxygens (including phenoxy) is 2. The van der Waals surface area contributed by atoms with Crippen LogP contribution in [0.5, 0.6) is 0 Å². The van der Waals surface area contributed by atoms with E-state index >= 15 is 0 Å². The van der Waals surface area contributed by atoms with Gasteiger partial charge in [0.2, 0.25) is 0 Å². The predicted octanol–water partition coefficient (Wildman–Crippen LogP) is 11.6. The van der Waals surface area contributed by atoms with E-state index in [0.717, 1.165) is 56.8 Å². The van der Waals surface area contributed by atoms with E-state index in [1.807, 2.05) is 0 Å². The van der Waals surface area contributed by atoms with Crippen LogP contribution < -0.4 is 0 Å². The molecule has 0 rings (SSSR count). The van der Waals surface area contributed by atoms with Crippen LogP contribution in [0.15, 0.2) is 0 Å². The SMILES string of the molecule is CC(C)CCCCCOC(=O)CCCCCCCCCCCCCCCC(C(=O)OCCCCCC(C)C)C(C)C. The summed E-state index contributed by atoms with van der Waals surface area (Å²) in [7, 11) is 0. The molecule has 0 heterocycles. The highest BCUT2D eigenvalue weighted by Crippen LogP contribution is 2.22. The fraction of sp³-hybridized carbons (Fsp3) is 0.946. The predicted molar refractivity (Wildman–Crippen MR) is 176 cm³/mol. The highest BCUT2D eigenvalue weighted by molar-refractivity contribution is 5.72. The van der Waals surface area contributed by atoms with Crippen molar-refractivity contribution in [3.63, 3.8) is 0 Å². The van der Waals surface area contributed by atoms with E-state index in [2.05, 4.69) is 41.5 Å². The van der Waals surface area contributed by atoms with Gasteiger partial charge in [-0.3, -0.25) is 9.59 Å². The Hall–Kier alpha value is -1.06. The van der Waals surface area contributed by atoms with Gasteiger partial charge in [-0.15, -0.1) is 0 Å². The first-order valence-electron chi connectivity index (χ1n) is 18.1. The summed E-state index contributed by atoms with van der Waals surface area (Å²) in [6, 6.07) is 0. The Morgan fingerprint density at radius 3 is 1.24 bits per heavy atom. The molecule has 0 aromatic rings. The summed E-state index contributed by atoms with van der Waals surface area (Å²) >= 11 is 0. The standard InChI is InChI=1S/C37H72O4/c1-32(2)26-20-18-24-30-40-36(38)29-23-17-15-13-11-9-7-8-10-12-14-16-22-28-35(34(5)6)37(39)41-31-25-19-21-27-33(3)4/h32-35H,7-31H2,1-6H3. The Kier molecular flexibility index (Phi) is 28.3. The molecule has 244 valence electrons. The maximum Gasteiger partial charge on any atom is 0.309 e. The smallest absolute Gasteiger partial charge is 0.309 e. The van der Waals surface area contributed by atoms with Crippen molar-refractivity contribution in [2.24, 2.45) is 23.7 Å². The Morgan fingerprint density at radius 2 is 0.805 bits per heavy atom. The summed E-state index contributed by atoms with van der Waals surface area (Å²) in [4.78, 5) is 24.4. The molecule has 4 nitrogen and oxygen atoms in total. The van der Waals surface area contributed by atoms with Crippen LogP contribution in [0.4, 0.5) is 0 Å². The average molecular weight is 581 g/mol. The van der Waals surface area contributed by atoms with Crippen LogP contribution >= 0.6 is 0 Å². The summed E-state index contributed by atoms with van der Waals surface area (Å²) in [6.45, 7) is 14.5. The number of hydrogen-bond acceptors (Lipinski definition) is 4. The summed E-state index contributed by atoms with van der Waals surface area (Å²) in [5, 5.41) is 0. The van der Waals surface area contributed by atoms with Crippen LogP contribution in [0.1, 0.15) is 189 Å². The highest BCUT2D eigenvalue weighted by Gasteiger charge is 2.23. The largest absolute Gasteiger partial charge is 0.466 e. The maximum absolute atomic E-state index is 12.6. The van der Waals surface area contributed by atoms with Crippen LogP contribution in [0.2, 0.25) is 0 Å². The lowest BCUT2D eigenvalue weighted by Crippen LogP contribution is -2.23. The van der Waals surface area contributed by atoms with Crippen molar-refractivity contribution in [2.75, 3.05) is 13.2 Å². The highest BCUT2D eigenvalue weighted by atomic mass is 16.5. The number of unbranched alkanes of at least 4 members (excludes halogenated alkanes) is 16. The van der Waals surface area contributed by atoms with Crippen LogP contribution in [0.3, 0.4) is 0 Å². The molecule has 0 aliphatic heterocycles. The summed E-state index contributed by atoms with van der Waals surface area (Å²) in [6.07, 6.45) is 27.3. The van der Waals surface area contributed by atoms with Crippen molar-refractivity contribution in [3.05, 3.63) is 0 Å². The van der Waals surface area contributed by atoms with E-state index in [1.165, 1.54) is 96.3 Å². The third-order valence-electron chi connectivity index (χ3n) is 8.36. The molecule has 0 aliphatic carbocycles. The van der Waals surface area contributed by atoms with Gasteiger partial charge in [0.1, 0.15) is 0 Å². The topological polar surface area (TPSA) is 52.6 Å². The van der Waals surface area contributed by atoms with Crippen molar-refractivity contribution in [2.45, 2.75) is 189 Å². The minimum Gasteiger partial charge on any atom is -0.466 e. The van der Waals surface area contributed by atoms with E-state index in [0.29, 0.717) is 25.6 Å². The molecule has 0 aromatic heterocycles. The number of esters is 2. The molecule has 0 saturated heterocycles. The molecule has 0 fully saturated rings. The lowest BCUT2D eigenvalue weighted by atomic mass is 9.90. The van der Waals surface area contributed by atoms with Gasteiger partial charge in [0.05, 0.1) is 19.1 Å². The second-order valence-electron chi connectivity index (χ2n) is 13.9. The molecular formula is C37H72O4. The maximum atomic E-state index is 12.6. The fourth-order valence-corrected chi connectivity index (χ4v) is 5.50. The first-order valence-corrected chi connectivity index (χ1v) is 18.1. The zero-order chi connectivity index (χ0) is 30.6. The molecule has 0 bridgehead atoms. The van der Waals surface area contributed by atoms with Crippen molar-refractivity contribution >= 4 is 11.9 Å². The average Bonchev–Trinajstić information content (AvgIpc) is 2.91. The number of carbonyl (C=O) groups is 2. The van der Waals surface area contributed by atoms with Crippen molar-refractivity contribution < 1.29 is 19.1 Å². The Morgan fingerprint density at radius 1 is 0.439 bits per heavy atom. The van der Waals surface area contributed by atoms with Crippen molar-refractivity contribution in [1.29, 1.82) is 0 Å². The van der Waals surface area contributed by atoms with E-state index in [1.54, 1.807) is 0 Å². The van der Waals surface area contributed by atoms with Gasteiger partial charge in [-0.2, -0.15) is 0 Å². The zero-order valence-electron chi connectivity index (χ0n) is 28.6. The molecule has 0 amide bonds. The van der Waals surface area contributed by atoms with Gasteiger partial charge in [0.25, 0.3) is 0 Å². The first kappa shape index (κ1) is 39.9. The van der Waals surface area contributed by atoms with Gasteiger partial charge in [-0.25, -0.2) is 0 Å². The number of hydrogen-bond donors (Lipinski definition) is 0. The summed E-state index contributed by atoms with van der Waals surface area (Å²) in [5.41, 5.74) is 0. The Balaban J connectivity index is 3.49. The van der Waals surface area contributed by atoms with Gasteiger partial charge in [0.15, 0.2) is 0 Å². The lowest BCUT2D eigenvalue weighted by molar-refractivity contribution is -0.150. The van der Waals surface area contributed by atoms with E-state index in [4.69, 9.17) is 9.47 Å². The normalized spacial score (nSPS) is 12.4.